The summed E-state index contributed by atoms with van der Waals surface area (Å²) in [4.78, 5) is 0. The molecule has 3 aromatic rings. The summed E-state index contributed by atoms with van der Waals surface area (Å²) in [7, 11) is 0. The first-order valence-corrected chi connectivity index (χ1v) is 7.32. The van der Waals surface area contributed by atoms with Crippen LogP contribution in [0, 0.1) is 0 Å². The Morgan fingerprint density at radius 1 is 0.850 bits per heavy atom. The van der Waals surface area contributed by atoms with E-state index in [0.29, 0.717) is 0 Å². The van der Waals surface area contributed by atoms with Crippen LogP contribution in [0.5, 0.6) is 0 Å². The molecule has 0 atom stereocenters. The maximum absolute atomic E-state index is 6.26. The topological polar surface area (TPSA) is 30.9 Å². The fraction of sp³-hybridized carbons (Fsp3) is 0.222. The lowest BCUT2D eigenvalue weighted by Gasteiger charge is -2.16. The second-order valence-electron chi connectivity index (χ2n) is 5.54. The SMILES string of the molecule is Nc1cccc2c1c1c(n2-c2ccccc2)CCCC1. The molecule has 4 rings (SSSR count). The summed E-state index contributed by atoms with van der Waals surface area (Å²) >= 11 is 0. The van der Waals surface area contributed by atoms with Crippen molar-refractivity contribution in [1.82, 2.24) is 4.57 Å². The van der Waals surface area contributed by atoms with Gasteiger partial charge in [0.15, 0.2) is 0 Å². The number of nitrogens with zero attached hydrogens (tertiary/aromatic N) is 1. The molecule has 2 aromatic carbocycles. The quantitative estimate of drug-likeness (QED) is 0.658. The van der Waals surface area contributed by atoms with Gasteiger partial charge in [0.2, 0.25) is 0 Å². The molecular formula is C18H18N2. The maximum Gasteiger partial charge on any atom is 0.0555 e. The van der Waals surface area contributed by atoms with E-state index in [4.69, 9.17) is 5.73 Å². The Kier molecular flexibility index (Phi) is 2.56. The molecule has 2 heteroatoms. The zero-order chi connectivity index (χ0) is 13.5. The summed E-state index contributed by atoms with van der Waals surface area (Å²) in [5, 5.41) is 1.27. The normalized spacial score (nSPS) is 14.4. The Labute approximate surface area is 118 Å². The van der Waals surface area contributed by atoms with E-state index in [2.05, 4.69) is 47.0 Å². The van der Waals surface area contributed by atoms with Crippen LogP contribution >= 0.6 is 0 Å². The summed E-state index contributed by atoms with van der Waals surface area (Å²) < 4.78 is 2.40. The third-order valence-electron chi connectivity index (χ3n) is 4.34. The van der Waals surface area contributed by atoms with Crippen LogP contribution in [0.3, 0.4) is 0 Å². The lowest BCUT2D eigenvalue weighted by atomic mass is 9.95. The number of aryl methyl sites for hydroxylation is 1. The highest BCUT2D eigenvalue weighted by Crippen LogP contribution is 2.37. The summed E-state index contributed by atoms with van der Waals surface area (Å²) in [5.41, 5.74) is 12.6. The molecule has 0 bridgehead atoms. The van der Waals surface area contributed by atoms with Gasteiger partial charge in [-0.25, -0.2) is 0 Å². The molecule has 0 fully saturated rings. The van der Waals surface area contributed by atoms with Crippen LogP contribution in [0.1, 0.15) is 24.1 Å². The van der Waals surface area contributed by atoms with Gasteiger partial charge < -0.3 is 10.3 Å². The van der Waals surface area contributed by atoms with Crippen molar-refractivity contribution in [1.29, 1.82) is 0 Å². The van der Waals surface area contributed by atoms with Gasteiger partial charge in [0, 0.05) is 22.5 Å². The van der Waals surface area contributed by atoms with Gasteiger partial charge in [-0.1, -0.05) is 24.3 Å². The first kappa shape index (κ1) is 11.6. The standard InChI is InChI=1S/C18H18N2/c19-15-10-6-12-17-18(15)14-9-4-5-11-16(14)20(17)13-7-2-1-3-8-13/h1-3,6-8,10,12H,4-5,9,11,19H2. The largest absolute Gasteiger partial charge is 0.398 e. The zero-order valence-electron chi connectivity index (χ0n) is 11.5. The summed E-state index contributed by atoms with van der Waals surface area (Å²) in [6, 6.07) is 16.9. The van der Waals surface area contributed by atoms with Crippen LogP contribution in [0.4, 0.5) is 5.69 Å². The molecule has 1 aliphatic rings. The van der Waals surface area contributed by atoms with Crippen LogP contribution in [0.15, 0.2) is 48.5 Å². The van der Waals surface area contributed by atoms with Crippen molar-refractivity contribution in [2.75, 3.05) is 5.73 Å². The third-order valence-corrected chi connectivity index (χ3v) is 4.34. The van der Waals surface area contributed by atoms with Crippen LogP contribution in [-0.2, 0) is 12.8 Å². The van der Waals surface area contributed by atoms with E-state index in [1.54, 1.807) is 0 Å². The molecule has 20 heavy (non-hydrogen) atoms. The minimum atomic E-state index is 0.912. The smallest absolute Gasteiger partial charge is 0.0555 e. The van der Waals surface area contributed by atoms with Gasteiger partial charge >= 0.3 is 0 Å². The van der Waals surface area contributed by atoms with Crippen molar-refractivity contribution < 1.29 is 0 Å². The monoisotopic (exact) mass is 262 g/mol. The number of anilines is 1. The molecule has 0 saturated heterocycles. The van der Waals surface area contributed by atoms with E-state index in [1.165, 1.54) is 40.7 Å². The highest BCUT2D eigenvalue weighted by Gasteiger charge is 2.21. The van der Waals surface area contributed by atoms with Crippen LogP contribution in [0.2, 0.25) is 0 Å². The highest BCUT2D eigenvalue weighted by molar-refractivity contribution is 5.96. The number of fused-ring (bicyclic) bond motifs is 3. The van der Waals surface area contributed by atoms with E-state index in [0.717, 1.165) is 18.5 Å². The number of hydrogen-bond acceptors (Lipinski definition) is 1. The highest BCUT2D eigenvalue weighted by atomic mass is 15.0. The molecule has 1 heterocycles. The summed E-state index contributed by atoms with van der Waals surface area (Å²) in [5.74, 6) is 0. The molecule has 2 N–H and O–H groups in total. The van der Waals surface area contributed by atoms with Gasteiger partial charge in [0.05, 0.1) is 5.52 Å². The Morgan fingerprint density at radius 3 is 2.50 bits per heavy atom. The average Bonchev–Trinajstić information content (AvgIpc) is 2.84. The lowest BCUT2D eigenvalue weighted by molar-refractivity contribution is 0.667. The summed E-state index contributed by atoms with van der Waals surface area (Å²) in [6.07, 6.45) is 4.85. The van der Waals surface area contributed by atoms with Gasteiger partial charge in [0.25, 0.3) is 0 Å². The van der Waals surface area contributed by atoms with Crippen molar-refractivity contribution in [3.63, 3.8) is 0 Å². The number of hydrogen-bond donors (Lipinski definition) is 1. The van der Waals surface area contributed by atoms with E-state index in [1.807, 2.05) is 6.07 Å². The second-order valence-corrected chi connectivity index (χ2v) is 5.54. The summed E-state index contributed by atoms with van der Waals surface area (Å²) in [6.45, 7) is 0. The minimum Gasteiger partial charge on any atom is -0.398 e. The Bertz CT molecular complexity index is 769. The maximum atomic E-state index is 6.26. The number of nitrogen functional groups attached to an aromatic ring is 1. The number of nitrogens with two attached hydrogens (primary N) is 1. The lowest BCUT2D eigenvalue weighted by Crippen LogP contribution is -2.06. The Balaban J connectivity index is 2.12. The molecule has 0 radical (unpaired) electrons. The van der Waals surface area contributed by atoms with E-state index in [-0.39, 0.29) is 0 Å². The predicted octanol–water partition coefficient (Wildman–Crippen LogP) is 4.09. The zero-order valence-corrected chi connectivity index (χ0v) is 11.5. The van der Waals surface area contributed by atoms with Crippen LogP contribution in [0.25, 0.3) is 16.6 Å². The van der Waals surface area contributed by atoms with Gasteiger partial charge in [-0.3, -0.25) is 0 Å². The van der Waals surface area contributed by atoms with Crippen LogP contribution < -0.4 is 5.73 Å². The molecule has 0 amide bonds. The van der Waals surface area contributed by atoms with Crippen molar-refractivity contribution in [2.45, 2.75) is 25.7 Å². The molecule has 0 spiro atoms. The molecule has 1 aliphatic carbocycles. The molecule has 0 unspecified atom stereocenters. The molecular weight excluding hydrogens is 244 g/mol. The molecule has 2 nitrogen and oxygen atoms in total. The second kappa shape index (κ2) is 4.41. The number of benzene rings is 2. The Hall–Kier alpha value is -2.22. The average molecular weight is 262 g/mol. The van der Waals surface area contributed by atoms with Gasteiger partial charge in [0.1, 0.15) is 0 Å². The van der Waals surface area contributed by atoms with Crippen LogP contribution in [-0.4, -0.2) is 4.57 Å². The molecule has 0 aliphatic heterocycles. The van der Waals surface area contributed by atoms with Crippen molar-refractivity contribution in [3.05, 3.63) is 59.8 Å². The molecule has 1 aromatic heterocycles. The van der Waals surface area contributed by atoms with Crippen molar-refractivity contribution in [2.24, 2.45) is 0 Å². The molecule has 100 valence electrons. The number of rotatable bonds is 1. The van der Waals surface area contributed by atoms with Gasteiger partial charge in [-0.15, -0.1) is 0 Å². The first-order chi connectivity index (χ1) is 9.86. The predicted molar refractivity (Wildman–Crippen MR) is 84.3 cm³/mol. The number of para-hydroxylation sites is 1. The fourth-order valence-electron chi connectivity index (χ4n) is 3.50. The van der Waals surface area contributed by atoms with Gasteiger partial charge in [-0.2, -0.15) is 0 Å². The number of aromatic nitrogens is 1. The van der Waals surface area contributed by atoms with E-state index >= 15 is 0 Å². The van der Waals surface area contributed by atoms with Crippen molar-refractivity contribution >= 4 is 16.6 Å². The minimum absolute atomic E-state index is 0.912. The third kappa shape index (κ3) is 1.58. The van der Waals surface area contributed by atoms with E-state index in [9.17, 15) is 0 Å². The molecule has 0 saturated carbocycles. The van der Waals surface area contributed by atoms with Gasteiger partial charge in [-0.05, 0) is 55.5 Å². The van der Waals surface area contributed by atoms with E-state index < -0.39 is 0 Å². The Morgan fingerprint density at radius 2 is 1.65 bits per heavy atom. The first-order valence-electron chi connectivity index (χ1n) is 7.32. The van der Waals surface area contributed by atoms with Crippen molar-refractivity contribution in [3.8, 4) is 5.69 Å². The fourth-order valence-corrected chi connectivity index (χ4v) is 3.50.